The van der Waals surface area contributed by atoms with Gasteiger partial charge in [0.2, 0.25) is 5.91 Å². The second-order valence-corrected chi connectivity index (χ2v) is 6.23. The first-order valence-electron chi connectivity index (χ1n) is 8.50. The summed E-state index contributed by atoms with van der Waals surface area (Å²) in [4.78, 5) is 12.5. The van der Waals surface area contributed by atoms with E-state index in [2.05, 4.69) is 30.4 Å². The molecule has 4 aromatic rings. The molecule has 0 saturated heterocycles. The molecular formula is C22H19NO2. The van der Waals surface area contributed by atoms with Gasteiger partial charge >= 0.3 is 0 Å². The molecule has 0 aliphatic heterocycles. The Balaban J connectivity index is 1.55. The van der Waals surface area contributed by atoms with Gasteiger partial charge in [-0.05, 0) is 47.0 Å². The van der Waals surface area contributed by atoms with Gasteiger partial charge in [0.15, 0.2) is 0 Å². The normalized spacial score (nSPS) is 11.1. The van der Waals surface area contributed by atoms with Gasteiger partial charge < -0.3 is 9.73 Å². The molecule has 0 aliphatic rings. The largest absolute Gasteiger partial charge is 0.464 e. The second kappa shape index (κ2) is 6.44. The predicted molar refractivity (Wildman–Crippen MR) is 102 cm³/mol. The minimum atomic E-state index is -0.0418. The molecule has 124 valence electrons. The molecule has 25 heavy (non-hydrogen) atoms. The fourth-order valence-corrected chi connectivity index (χ4v) is 3.13. The molecule has 0 atom stereocenters. The average molecular weight is 329 g/mol. The van der Waals surface area contributed by atoms with Crippen molar-refractivity contribution < 1.29 is 9.21 Å². The van der Waals surface area contributed by atoms with Crippen LogP contribution in [0.5, 0.6) is 0 Å². The Labute approximate surface area is 146 Å². The van der Waals surface area contributed by atoms with E-state index in [1.165, 1.54) is 5.56 Å². The van der Waals surface area contributed by atoms with Crippen LogP contribution in [-0.4, -0.2) is 5.91 Å². The van der Waals surface area contributed by atoms with Crippen LogP contribution in [0.15, 0.2) is 71.3 Å². The summed E-state index contributed by atoms with van der Waals surface area (Å²) in [5, 5.41) is 6.28. The first-order chi connectivity index (χ1) is 12.2. The zero-order chi connectivity index (χ0) is 17.2. The molecule has 1 N–H and O–H groups in total. The summed E-state index contributed by atoms with van der Waals surface area (Å²) >= 11 is 0. The standard InChI is InChI=1S/C22H19NO2/c1-2-15-7-10-21-20(11-15)18(14-25-21)13-22(24)23-19-9-8-16-5-3-4-6-17(16)12-19/h3-12,14H,2,13H2,1H3,(H,23,24). The highest BCUT2D eigenvalue weighted by molar-refractivity contribution is 5.97. The van der Waals surface area contributed by atoms with E-state index in [-0.39, 0.29) is 5.91 Å². The second-order valence-electron chi connectivity index (χ2n) is 6.23. The number of carbonyl (C=O) groups excluding carboxylic acids is 1. The number of hydrogen-bond donors (Lipinski definition) is 1. The van der Waals surface area contributed by atoms with E-state index in [1.54, 1.807) is 6.26 Å². The van der Waals surface area contributed by atoms with E-state index in [4.69, 9.17) is 4.42 Å². The van der Waals surface area contributed by atoms with Crippen molar-refractivity contribution in [1.29, 1.82) is 0 Å². The number of rotatable bonds is 4. The van der Waals surface area contributed by atoms with Crippen molar-refractivity contribution in [2.45, 2.75) is 19.8 Å². The Morgan fingerprint density at radius 1 is 1.00 bits per heavy atom. The van der Waals surface area contributed by atoms with Gasteiger partial charge in [0.05, 0.1) is 12.7 Å². The van der Waals surface area contributed by atoms with Gasteiger partial charge in [-0.25, -0.2) is 0 Å². The maximum Gasteiger partial charge on any atom is 0.228 e. The number of aryl methyl sites for hydroxylation is 1. The third-order valence-corrected chi connectivity index (χ3v) is 4.51. The van der Waals surface area contributed by atoms with Gasteiger partial charge in [0, 0.05) is 16.6 Å². The Bertz CT molecular complexity index is 1060. The smallest absolute Gasteiger partial charge is 0.228 e. The highest BCUT2D eigenvalue weighted by Gasteiger charge is 2.11. The van der Waals surface area contributed by atoms with Crippen molar-refractivity contribution in [3.05, 3.63) is 78.1 Å². The van der Waals surface area contributed by atoms with Gasteiger partial charge in [-0.15, -0.1) is 0 Å². The van der Waals surface area contributed by atoms with E-state index in [9.17, 15) is 4.79 Å². The number of hydrogen-bond acceptors (Lipinski definition) is 2. The molecule has 0 saturated carbocycles. The number of anilines is 1. The Hall–Kier alpha value is -3.07. The summed E-state index contributed by atoms with van der Waals surface area (Å²) in [6.07, 6.45) is 2.95. The van der Waals surface area contributed by atoms with E-state index in [0.717, 1.165) is 39.4 Å². The summed E-state index contributed by atoms with van der Waals surface area (Å²) in [7, 11) is 0. The van der Waals surface area contributed by atoms with Crippen molar-refractivity contribution >= 4 is 33.3 Å². The molecule has 0 aliphatic carbocycles. The molecule has 3 aromatic carbocycles. The van der Waals surface area contributed by atoms with Crippen molar-refractivity contribution in [3.63, 3.8) is 0 Å². The molecule has 0 spiro atoms. The fraction of sp³-hybridized carbons (Fsp3) is 0.136. The van der Waals surface area contributed by atoms with E-state index >= 15 is 0 Å². The van der Waals surface area contributed by atoms with Gasteiger partial charge in [-0.2, -0.15) is 0 Å². The van der Waals surface area contributed by atoms with Crippen molar-refractivity contribution in [2.75, 3.05) is 5.32 Å². The van der Waals surface area contributed by atoms with Crippen LogP contribution >= 0.6 is 0 Å². The van der Waals surface area contributed by atoms with Crippen LogP contribution in [0.3, 0.4) is 0 Å². The molecule has 3 heteroatoms. The number of nitrogens with one attached hydrogen (secondary N) is 1. The molecule has 0 radical (unpaired) electrons. The van der Waals surface area contributed by atoms with Crippen LogP contribution in [-0.2, 0) is 17.6 Å². The number of amides is 1. The molecule has 4 rings (SSSR count). The lowest BCUT2D eigenvalue weighted by atomic mass is 10.1. The topological polar surface area (TPSA) is 42.2 Å². The van der Waals surface area contributed by atoms with Crippen LogP contribution in [0.2, 0.25) is 0 Å². The van der Waals surface area contributed by atoms with Gasteiger partial charge in [-0.3, -0.25) is 4.79 Å². The zero-order valence-electron chi connectivity index (χ0n) is 14.1. The zero-order valence-corrected chi connectivity index (χ0v) is 14.1. The number of fused-ring (bicyclic) bond motifs is 2. The molecule has 1 amide bonds. The highest BCUT2D eigenvalue weighted by Crippen LogP contribution is 2.24. The Morgan fingerprint density at radius 2 is 1.84 bits per heavy atom. The average Bonchev–Trinajstić information content (AvgIpc) is 3.03. The summed E-state index contributed by atoms with van der Waals surface area (Å²) in [5.74, 6) is -0.0418. The fourth-order valence-electron chi connectivity index (χ4n) is 3.13. The minimum Gasteiger partial charge on any atom is -0.464 e. The summed E-state index contributed by atoms with van der Waals surface area (Å²) in [5.41, 5.74) is 3.80. The van der Waals surface area contributed by atoms with Gasteiger partial charge in [0.1, 0.15) is 5.58 Å². The van der Waals surface area contributed by atoms with Crippen molar-refractivity contribution in [3.8, 4) is 0 Å². The molecule has 0 unspecified atom stereocenters. The van der Waals surface area contributed by atoms with Crippen molar-refractivity contribution in [2.24, 2.45) is 0 Å². The maximum absolute atomic E-state index is 12.5. The van der Waals surface area contributed by atoms with E-state index < -0.39 is 0 Å². The third kappa shape index (κ3) is 3.13. The highest BCUT2D eigenvalue weighted by atomic mass is 16.3. The lowest BCUT2D eigenvalue weighted by molar-refractivity contribution is -0.115. The molecule has 1 heterocycles. The van der Waals surface area contributed by atoms with Crippen LogP contribution in [0.25, 0.3) is 21.7 Å². The molecule has 1 aromatic heterocycles. The summed E-state index contributed by atoms with van der Waals surface area (Å²) < 4.78 is 5.58. The van der Waals surface area contributed by atoms with Gasteiger partial charge in [-0.1, -0.05) is 43.3 Å². The SMILES string of the molecule is CCc1ccc2occ(CC(=O)Nc3ccc4ccccc4c3)c2c1. The van der Waals surface area contributed by atoms with Gasteiger partial charge in [0.25, 0.3) is 0 Å². The van der Waals surface area contributed by atoms with E-state index in [0.29, 0.717) is 6.42 Å². The molecule has 0 bridgehead atoms. The van der Waals surface area contributed by atoms with Crippen LogP contribution in [0, 0.1) is 0 Å². The Kier molecular flexibility index (Phi) is 3.98. The number of furan rings is 1. The van der Waals surface area contributed by atoms with E-state index in [1.807, 2.05) is 42.5 Å². The summed E-state index contributed by atoms with van der Waals surface area (Å²) in [6.45, 7) is 2.12. The summed E-state index contributed by atoms with van der Waals surface area (Å²) in [6, 6.07) is 20.2. The molecular weight excluding hydrogens is 310 g/mol. The molecule has 3 nitrogen and oxygen atoms in total. The first-order valence-corrected chi connectivity index (χ1v) is 8.50. The van der Waals surface area contributed by atoms with Crippen LogP contribution in [0.4, 0.5) is 5.69 Å². The maximum atomic E-state index is 12.5. The molecule has 0 fully saturated rings. The minimum absolute atomic E-state index is 0.0418. The lowest BCUT2D eigenvalue weighted by Crippen LogP contribution is -2.14. The first kappa shape index (κ1) is 15.5. The Morgan fingerprint density at radius 3 is 2.68 bits per heavy atom. The van der Waals surface area contributed by atoms with Crippen LogP contribution in [0.1, 0.15) is 18.1 Å². The van der Waals surface area contributed by atoms with Crippen molar-refractivity contribution in [1.82, 2.24) is 0 Å². The quantitative estimate of drug-likeness (QED) is 0.550. The predicted octanol–water partition coefficient (Wildman–Crippen LogP) is 5.33. The number of carbonyl (C=O) groups is 1. The third-order valence-electron chi connectivity index (χ3n) is 4.51. The number of benzene rings is 3. The van der Waals surface area contributed by atoms with Crippen LogP contribution < -0.4 is 5.32 Å². The lowest BCUT2D eigenvalue weighted by Gasteiger charge is -2.06. The monoisotopic (exact) mass is 329 g/mol.